The van der Waals surface area contributed by atoms with E-state index in [9.17, 15) is 22.8 Å². The van der Waals surface area contributed by atoms with Crippen molar-refractivity contribution in [2.24, 2.45) is 0 Å². The van der Waals surface area contributed by atoms with E-state index in [-0.39, 0.29) is 54.6 Å². The van der Waals surface area contributed by atoms with Crippen molar-refractivity contribution in [1.29, 1.82) is 0 Å². The highest BCUT2D eigenvalue weighted by Crippen LogP contribution is 2.30. The van der Waals surface area contributed by atoms with E-state index in [1.807, 2.05) is 30.3 Å². The molecule has 1 aliphatic rings. The maximum atomic E-state index is 13.7. The Kier molecular flexibility index (Phi) is 9.50. The van der Waals surface area contributed by atoms with Gasteiger partial charge < -0.3 is 10.2 Å². The van der Waals surface area contributed by atoms with Crippen LogP contribution < -0.4 is 5.32 Å². The Hall–Kier alpha value is -3.40. The molecular formula is C29H29Cl2N3O5S. The van der Waals surface area contributed by atoms with Gasteiger partial charge in [0.1, 0.15) is 10.9 Å². The molecule has 0 fully saturated rings. The van der Waals surface area contributed by atoms with Crippen molar-refractivity contribution in [3.8, 4) is 0 Å². The van der Waals surface area contributed by atoms with E-state index in [2.05, 4.69) is 5.32 Å². The molecule has 1 aliphatic heterocycles. The molecule has 11 heteroatoms. The quantitative estimate of drug-likeness (QED) is 0.343. The third-order valence-electron chi connectivity index (χ3n) is 6.64. The molecular weight excluding hydrogens is 573 g/mol. The number of halogens is 2. The van der Waals surface area contributed by atoms with E-state index < -0.39 is 22.0 Å². The summed E-state index contributed by atoms with van der Waals surface area (Å²) in [5.74, 6) is -1.31. The number of amides is 3. The SMILES string of the molecule is CCNC(=O)[C@@H](Cc1ccccc1)N(Cc1ccc(Cl)cc1Cl)C(=O)CCCN1C(=O)c2ccccc2S1(=O)=O. The second-order valence-corrected chi connectivity index (χ2v) is 12.0. The van der Waals surface area contributed by atoms with Crippen LogP contribution in [0.5, 0.6) is 0 Å². The largest absolute Gasteiger partial charge is 0.355 e. The van der Waals surface area contributed by atoms with E-state index in [0.29, 0.717) is 22.2 Å². The Morgan fingerprint density at radius 1 is 1.00 bits per heavy atom. The average Bonchev–Trinajstić information content (AvgIpc) is 3.13. The number of benzene rings is 3. The Balaban J connectivity index is 1.57. The van der Waals surface area contributed by atoms with Crippen LogP contribution in [-0.2, 0) is 32.6 Å². The van der Waals surface area contributed by atoms with Crippen LogP contribution in [0.15, 0.2) is 77.7 Å². The molecule has 4 rings (SSSR count). The van der Waals surface area contributed by atoms with Crippen LogP contribution in [0.4, 0.5) is 0 Å². The molecule has 0 saturated heterocycles. The van der Waals surface area contributed by atoms with E-state index in [4.69, 9.17) is 23.2 Å². The number of nitrogens with zero attached hydrogens (tertiary/aromatic N) is 2. The Bertz CT molecular complexity index is 1520. The molecule has 0 saturated carbocycles. The molecule has 0 unspecified atom stereocenters. The van der Waals surface area contributed by atoms with Gasteiger partial charge in [-0.15, -0.1) is 0 Å². The summed E-state index contributed by atoms with van der Waals surface area (Å²) < 4.78 is 26.6. The van der Waals surface area contributed by atoms with E-state index in [1.54, 1.807) is 37.3 Å². The maximum Gasteiger partial charge on any atom is 0.269 e. The van der Waals surface area contributed by atoms with Crippen LogP contribution in [-0.4, -0.2) is 54.5 Å². The first-order valence-electron chi connectivity index (χ1n) is 12.8. The van der Waals surface area contributed by atoms with E-state index in [0.717, 1.165) is 9.87 Å². The molecule has 210 valence electrons. The lowest BCUT2D eigenvalue weighted by Gasteiger charge is -2.32. The van der Waals surface area contributed by atoms with Crippen LogP contribution in [0.3, 0.4) is 0 Å². The molecule has 0 bridgehead atoms. The number of hydrogen-bond acceptors (Lipinski definition) is 5. The average molecular weight is 603 g/mol. The molecule has 1 atom stereocenters. The zero-order chi connectivity index (χ0) is 28.9. The van der Waals surface area contributed by atoms with Gasteiger partial charge in [0, 0.05) is 42.5 Å². The lowest BCUT2D eigenvalue weighted by atomic mass is 10.0. The molecule has 1 N–H and O–H groups in total. The van der Waals surface area contributed by atoms with Gasteiger partial charge in [-0.1, -0.05) is 71.7 Å². The minimum Gasteiger partial charge on any atom is -0.355 e. The van der Waals surface area contributed by atoms with Crippen molar-refractivity contribution >= 4 is 50.9 Å². The van der Waals surface area contributed by atoms with Crippen LogP contribution in [0.25, 0.3) is 0 Å². The molecule has 0 aromatic heterocycles. The lowest BCUT2D eigenvalue weighted by Crippen LogP contribution is -2.50. The third-order valence-corrected chi connectivity index (χ3v) is 9.07. The third kappa shape index (κ3) is 6.49. The molecule has 0 radical (unpaired) electrons. The lowest BCUT2D eigenvalue weighted by molar-refractivity contribution is -0.141. The van der Waals surface area contributed by atoms with E-state index in [1.165, 1.54) is 17.0 Å². The van der Waals surface area contributed by atoms with Crippen molar-refractivity contribution in [3.05, 3.63) is 99.5 Å². The number of fused-ring (bicyclic) bond motifs is 1. The zero-order valence-corrected chi connectivity index (χ0v) is 24.2. The Morgan fingerprint density at radius 2 is 1.70 bits per heavy atom. The summed E-state index contributed by atoms with van der Waals surface area (Å²) in [5, 5.41) is 3.61. The van der Waals surface area contributed by atoms with Crippen molar-refractivity contribution in [2.75, 3.05) is 13.1 Å². The van der Waals surface area contributed by atoms with Crippen LogP contribution >= 0.6 is 23.2 Å². The maximum absolute atomic E-state index is 13.7. The first-order chi connectivity index (χ1) is 19.1. The predicted molar refractivity (Wildman–Crippen MR) is 154 cm³/mol. The second kappa shape index (κ2) is 12.8. The number of likely N-dealkylation sites (N-methyl/N-ethyl adjacent to an activating group) is 1. The normalized spacial score (nSPS) is 14.5. The van der Waals surface area contributed by atoms with Crippen molar-refractivity contribution in [1.82, 2.24) is 14.5 Å². The van der Waals surface area contributed by atoms with Crippen LogP contribution in [0.2, 0.25) is 10.0 Å². The summed E-state index contributed by atoms with van der Waals surface area (Å²) in [4.78, 5) is 41.2. The zero-order valence-electron chi connectivity index (χ0n) is 21.8. The fraction of sp³-hybridized carbons (Fsp3) is 0.276. The van der Waals surface area contributed by atoms with Gasteiger partial charge in [0.2, 0.25) is 11.8 Å². The number of hydrogen-bond donors (Lipinski definition) is 1. The summed E-state index contributed by atoms with van der Waals surface area (Å²) >= 11 is 12.5. The standard InChI is InChI=1S/C29H29Cl2N3O5S/c1-2-32-28(36)25(17-20-9-4-3-5-10-20)33(19-21-14-15-22(30)18-24(21)31)27(35)13-8-16-34-29(37)23-11-6-7-12-26(23)40(34,38)39/h3-7,9-12,14-15,18,25H,2,8,13,16-17,19H2,1H3,(H,32,36)/t25-/m1/s1. The Labute approximate surface area is 243 Å². The van der Waals surface area contributed by atoms with Crippen molar-refractivity contribution < 1.29 is 22.8 Å². The van der Waals surface area contributed by atoms with Gasteiger partial charge >= 0.3 is 0 Å². The molecule has 8 nitrogen and oxygen atoms in total. The topological polar surface area (TPSA) is 104 Å². The van der Waals surface area contributed by atoms with Crippen molar-refractivity contribution in [2.45, 2.75) is 43.7 Å². The summed E-state index contributed by atoms with van der Waals surface area (Å²) in [6.07, 6.45) is 0.250. The van der Waals surface area contributed by atoms with Gasteiger partial charge in [0.15, 0.2) is 0 Å². The molecule has 0 spiro atoms. The number of rotatable bonds is 11. The second-order valence-electron chi connectivity index (χ2n) is 9.34. The summed E-state index contributed by atoms with van der Waals surface area (Å²) in [6.45, 7) is 2.05. The highest BCUT2D eigenvalue weighted by molar-refractivity contribution is 7.90. The number of carbonyl (C=O) groups excluding carboxylic acids is 3. The highest BCUT2D eigenvalue weighted by atomic mass is 35.5. The Morgan fingerprint density at radius 3 is 2.38 bits per heavy atom. The fourth-order valence-electron chi connectivity index (χ4n) is 4.65. The molecule has 3 aromatic rings. The minimum atomic E-state index is -3.98. The number of nitrogens with one attached hydrogen (secondary N) is 1. The van der Waals surface area contributed by atoms with Gasteiger partial charge in [-0.25, -0.2) is 12.7 Å². The van der Waals surface area contributed by atoms with E-state index >= 15 is 0 Å². The first-order valence-corrected chi connectivity index (χ1v) is 15.0. The molecule has 0 aliphatic carbocycles. The fourth-order valence-corrected chi connectivity index (χ4v) is 6.72. The number of sulfonamides is 1. The van der Waals surface area contributed by atoms with Gasteiger partial charge in [-0.2, -0.15) is 0 Å². The molecule has 1 heterocycles. The highest BCUT2D eigenvalue weighted by Gasteiger charge is 2.40. The van der Waals surface area contributed by atoms with Gasteiger partial charge in [0.25, 0.3) is 15.9 Å². The number of carbonyl (C=O) groups is 3. The smallest absolute Gasteiger partial charge is 0.269 e. The van der Waals surface area contributed by atoms with Crippen molar-refractivity contribution in [3.63, 3.8) is 0 Å². The molecule has 3 amide bonds. The monoisotopic (exact) mass is 601 g/mol. The minimum absolute atomic E-state index is 0.0375. The van der Waals surface area contributed by atoms with Gasteiger partial charge in [-0.3, -0.25) is 14.4 Å². The van der Waals surface area contributed by atoms with Crippen LogP contribution in [0, 0.1) is 0 Å². The van der Waals surface area contributed by atoms with Gasteiger partial charge in [-0.05, 0) is 48.7 Å². The van der Waals surface area contributed by atoms with Gasteiger partial charge in [0.05, 0.1) is 5.56 Å². The van der Waals surface area contributed by atoms with Crippen LogP contribution in [0.1, 0.15) is 41.3 Å². The predicted octanol–water partition coefficient (Wildman–Crippen LogP) is 4.69. The summed E-state index contributed by atoms with van der Waals surface area (Å²) in [5.41, 5.74) is 1.59. The molecule has 40 heavy (non-hydrogen) atoms. The summed E-state index contributed by atoms with van der Waals surface area (Å²) in [7, 11) is -3.98. The first kappa shape index (κ1) is 29.6. The summed E-state index contributed by atoms with van der Waals surface area (Å²) in [6, 6.07) is 19.5. The molecule has 3 aromatic carbocycles.